The molecule has 1 saturated heterocycles. The van der Waals surface area contributed by atoms with Crippen LogP contribution in [0.4, 0.5) is 8.78 Å². The van der Waals surface area contributed by atoms with Crippen LogP contribution in [0.25, 0.3) is 33.8 Å². The number of hydrogen-bond donors (Lipinski definition) is 1. The summed E-state index contributed by atoms with van der Waals surface area (Å²) in [6.07, 6.45) is -0.651. The summed E-state index contributed by atoms with van der Waals surface area (Å²) < 4.78 is 43.5. The van der Waals surface area contributed by atoms with Gasteiger partial charge < -0.3 is 18.8 Å². The van der Waals surface area contributed by atoms with Gasteiger partial charge in [-0.05, 0) is 60.7 Å². The molecule has 10 heteroatoms. The van der Waals surface area contributed by atoms with Crippen LogP contribution < -0.4 is 4.74 Å². The number of aromatic nitrogens is 2. The van der Waals surface area contributed by atoms with Crippen LogP contribution in [0.1, 0.15) is 5.76 Å². The predicted molar refractivity (Wildman–Crippen MR) is 145 cm³/mol. The largest absolute Gasteiger partial charge is 0.491 e. The van der Waals surface area contributed by atoms with Crippen molar-refractivity contribution in [2.75, 3.05) is 39.3 Å². The minimum absolute atomic E-state index is 0.151. The Hall–Kier alpha value is -4.12. The molecule has 0 spiro atoms. The highest BCUT2D eigenvalue weighted by Crippen LogP contribution is 2.27. The van der Waals surface area contributed by atoms with E-state index in [0.717, 1.165) is 37.5 Å². The third-order valence-corrected chi connectivity index (χ3v) is 6.90. The highest BCUT2D eigenvalue weighted by Gasteiger charge is 2.21. The lowest BCUT2D eigenvalue weighted by atomic mass is 10.1. The van der Waals surface area contributed by atoms with Gasteiger partial charge in [-0.2, -0.15) is 0 Å². The van der Waals surface area contributed by atoms with E-state index < -0.39 is 6.10 Å². The molecule has 0 saturated carbocycles. The quantitative estimate of drug-likeness (QED) is 0.277. The number of rotatable bonds is 9. The SMILES string of the molecule is O[C@H](COc1ccc2oc(-c3ccc(F)cc3)nc2c1)CN1CCN(Cc2cc(-c3ccc(F)cc3)no2)CC1. The molecular formula is C30H28F2N4O4. The van der Waals surface area contributed by atoms with Gasteiger partial charge in [0, 0.05) is 56.0 Å². The average molecular weight is 547 g/mol. The number of benzene rings is 3. The Morgan fingerprint density at radius 2 is 1.52 bits per heavy atom. The van der Waals surface area contributed by atoms with Crippen molar-refractivity contribution < 1.29 is 27.6 Å². The molecule has 0 amide bonds. The molecule has 0 unspecified atom stereocenters. The van der Waals surface area contributed by atoms with Crippen LogP contribution in [-0.2, 0) is 6.54 Å². The normalized spacial score (nSPS) is 15.5. The minimum atomic E-state index is -0.651. The standard InChI is InChI=1S/C30H28F2N4O4/c31-22-5-1-20(2-6-22)27-16-26(40-34-27)18-36-13-11-35(12-14-36)17-24(37)19-38-25-9-10-29-28(15-25)33-30(39-29)21-3-7-23(32)8-4-21/h1-10,15-16,24,37H,11-14,17-19H2/t24-/m0/s1. The fraction of sp³-hybridized carbons (Fsp3) is 0.267. The number of ether oxygens (including phenoxy) is 1. The number of halogens is 2. The summed E-state index contributed by atoms with van der Waals surface area (Å²) >= 11 is 0. The number of aliphatic hydroxyl groups excluding tert-OH is 1. The Labute approximate surface area is 229 Å². The number of nitrogens with zero attached hydrogens (tertiary/aromatic N) is 4. The highest BCUT2D eigenvalue weighted by atomic mass is 19.1. The molecule has 6 rings (SSSR count). The van der Waals surface area contributed by atoms with Gasteiger partial charge in [0.15, 0.2) is 11.3 Å². The van der Waals surface area contributed by atoms with E-state index in [1.807, 2.05) is 6.07 Å². The lowest BCUT2D eigenvalue weighted by Crippen LogP contribution is -2.48. The molecule has 40 heavy (non-hydrogen) atoms. The molecule has 1 aliphatic rings. The lowest BCUT2D eigenvalue weighted by molar-refractivity contribution is 0.0430. The average Bonchev–Trinajstić information content (AvgIpc) is 3.61. The summed E-state index contributed by atoms with van der Waals surface area (Å²) in [6.45, 7) is 4.59. The highest BCUT2D eigenvalue weighted by molar-refractivity contribution is 5.77. The van der Waals surface area contributed by atoms with E-state index in [2.05, 4.69) is 19.9 Å². The first-order chi connectivity index (χ1) is 19.5. The van der Waals surface area contributed by atoms with E-state index in [4.69, 9.17) is 13.7 Å². The van der Waals surface area contributed by atoms with Crippen molar-refractivity contribution in [3.63, 3.8) is 0 Å². The van der Waals surface area contributed by atoms with Gasteiger partial charge in [0.2, 0.25) is 5.89 Å². The number of hydrogen-bond acceptors (Lipinski definition) is 8. The van der Waals surface area contributed by atoms with E-state index in [9.17, 15) is 13.9 Å². The molecule has 0 bridgehead atoms. The first-order valence-electron chi connectivity index (χ1n) is 13.1. The van der Waals surface area contributed by atoms with Crippen molar-refractivity contribution in [1.29, 1.82) is 0 Å². The van der Waals surface area contributed by atoms with E-state index in [1.54, 1.807) is 42.5 Å². The minimum Gasteiger partial charge on any atom is -0.491 e. The molecule has 1 atom stereocenters. The molecule has 1 aliphatic heterocycles. The molecule has 0 aliphatic carbocycles. The van der Waals surface area contributed by atoms with Gasteiger partial charge >= 0.3 is 0 Å². The zero-order chi connectivity index (χ0) is 27.5. The van der Waals surface area contributed by atoms with Crippen molar-refractivity contribution in [2.24, 2.45) is 0 Å². The van der Waals surface area contributed by atoms with Crippen LogP contribution in [0.5, 0.6) is 5.75 Å². The van der Waals surface area contributed by atoms with Gasteiger partial charge in [0.25, 0.3) is 0 Å². The topological polar surface area (TPSA) is 88.0 Å². The number of β-amino-alcohol motifs (C(OH)–C–C–N with tert-alkyl or cyclic N) is 1. The second kappa shape index (κ2) is 11.5. The van der Waals surface area contributed by atoms with Gasteiger partial charge in [0.1, 0.15) is 41.3 Å². The molecule has 8 nitrogen and oxygen atoms in total. The smallest absolute Gasteiger partial charge is 0.227 e. The lowest BCUT2D eigenvalue weighted by Gasteiger charge is -2.35. The summed E-state index contributed by atoms with van der Waals surface area (Å²) in [4.78, 5) is 8.97. The van der Waals surface area contributed by atoms with E-state index >= 15 is 0 Å². The molecule has 3 aromatic carbocycles. The zero-order valence-electron chi connectivity index (χ0n) is 21.7. The summed E-state index contributed by atoms with van der Waals surface area (Å²) in [5.74, 6) is 1.15. The Kier molecular flexibility index (Phi) is 7.54. The van der Waals surface area contributed by atoms with Gasteiger partial charge in [-0.1, -0.05) is 5.16 Å². The summed E-state index contributed by atoms with van der Waals surface area (Å²) in [5.41, 5.74) is 3.41. The number of aliphatic hydroxyl groups is 1. The Morgan fingerprint density at radius 3 is 2.25 bits per heavy atom. The van der Waals surface area contributed by atoms with Gasteiger partial charge in [0.05, 0.1) is 6.54 Å². The van der Waals surface area contributed by atoms with Crippen molar-refractivity contribution in [3.05, 3.63) is 90.2 Å². The van der Waals surface area contributed by atoms with Gasteiger partial charge in [-0.15, -0.1) is 0 Å². The molecule has 1 N–H and O–H groups in total. The second-order valence-corrected chi connectivity index (χ2v) is 9.88. The molecule has 1 fully saturated rings. The number of fused-ring (bicyclic) bond motifs is 1. The molecule has 0 radical (unpaired) electrons. The van der Waals surface area contributed by atoms with Crippen LogP contribution in [0.15, 0.2) is 81.7 Å². The number of oxazole rings is 1. The number of piperazine rings is 1. The van der Waals surface area contributed by atoms with Gasteiger partial charge in [-0.25, -0.2) is 13.8 Å². The zero-order valence-corrected chi connectivity index (χ0v) is 21.7. The maximum atomic E-state index is 13.2. The van der Waals surface area contributed by atoms with Crippen LogP contribution in [0.3, 0.4) is 0 Å². The first-order valence-corrected chi connectivity index (χ1v) is 13.1. The van der Waals surface area contributed by atoms with E-state index in [1.165, 1.54) is 24.3 Å². The van der Waals surface area contributed by atoms with Crippen LogP contribution in [-0.4, -0.2) is 70.5 Å². The van der Waals surface area contributed by atoms with Crippen molar-refractivity contribution in [2.45, 2.75) is 12.6 Å². The van der Waals surface area contributed by atoms with Crippen LogP contribution in [0, 0.1) is 11.6 Å². The van der Waals surface area contributed by atoms with Crippen LogP contribution in [0.2, 0.25) is 0 Å². The Bertz CT molecular complexity index is 1560. The maximum absolute atomic E-state index is 13.2. The third kappa shape index (κ3) is 6.20. The van der Waals surface area contributed by atoms with Crippen molar-refractivity contribution >= 4 is 11.1 Å². The third-order valence-electron chi connectivity index (χ3n) is 6.90. The fourth-order valence-corrected chi connectivity index (χ4v) is 4.75. The molecule has 206 valence electrons. The first kappa shape index (κ1) is 26.1. The van der Waals surface area contributed by atoms with Crippen molar-refractivity contribution in [1.82, 2.24) is 19.9 Å². The molecule has 2 aromatic heterocycles. The Balaban J connectivity index is 0.957. The summed E-state index contributed by atoms with van der Waals surface area (Å²) in [6, 6.07) is 19.4. The monoisotopic (exact) mass is 546 g/mol. The Morgan fingerprint density at radius 1 is 0.850 bits per heavy atom. The molecule has 5 aromatic rings. The molecule has 3 heterocycles. The van der Waals surface area contributed by atoms with Gasteiger partial charge in [-0.3, -0.25) is 9.80 Å². The maximum Gasteiger partial charge on any atom is 0.227 e. The van der Waals surface area contributed by atoms with E-state index in [0.29, 0.717) is 47.1 Å². The van der Waals surface area contributed by atoms with Crippen molar-refractivity contribution in [3.8, 4) is 28.5 Å². The van der Waals surface area contributed by atoms with E-state index in [-0.39, 0.29) is 18.2 Å². The fourth-order valence-electron chi connectivity index (χ4n) is 4.75. The molecular weight excluding hydrogens is 518 g/mol. The predicted octanol–water partition coefficient (Wildman–Crippen LogP) is 4.99. The van der Waals surface area contributed by atoms with Crippen LogP contribution >= 0.6 is 0 Å². The second-order valence-electron chi connectivity index (χ2n) is 9.88. The summed E-state index contributed by atoms with van der Waals surface area (Å²) in [7, 11) is 0. The summed E-state index contributed by atoms with van der Waals surface area (Å²) in [5, 5.41) is 14.7.